The van der Waals surface area contributed by atoms with E-state index in [4.69, 9.17) is 9.47 Å². The molecule has 5 nitrogen and oxygen atoms in total. The lowest BCUT2D eigenvalue weighted by molar-refractivity contribution is 0.0774. The number of nitrogens with zero attached hydrogens (tertiary/aromatic N) is 1. The van der Waals surface area contributed by atoms with E-state index in [0.29, 0.717) is 17.7 Å². The Hall–Kier alpha value is -3.08. The number of imide groups is 1. The molecule has 2 aromatic rings. The fourth-order valence-electron chi connectivity index (χ4n) is 2.91. The predicted octanol–water partition coefficient (Wildman–Crippen LogP) is 3.45. The van der Waals surface area contributed by atoms with Crippen LogP contribution in [-0.2, 0) is 11.2 Å². The maximum atomic E-state index is 12.9. The summed E-state index contributed by atoms with van der Waals surface area (Å²) in [6.07, 6.45) is 0.888. The number of benzene rings is 2. The van der Waals surface area contributed by atoms with Gasteiger partial charge in [-0.1, -0.05) is 36.9 Å². The van der Waals surface area contributed by atoms with Crippen molar-refractivity contribution in [2.45, 2.75) is 18.6 Å². The van der Waals surface area contributed by atoms with Crippen molar-refractivity contribution in [3.63, 3.8) is 0 Å². The third-order valence-corrected chi connectivity index (χ3v) is 4.22. The van der Waals surface area contributed by atoms with Crippen molar-refractivity contribution < 1.29 is 19.1 Å². The molecule has 0 saturated carbocycles. The summed E-state index contributed by atoms with van der Waals surface area (Å²) in [4.78, 5) is 26.3. The van der Waals surface area contributed by atoms with E-state index in [0.717, 1.165) is 5.56 Å². The number of hydrogen-bond donors (Lipinski definition) is 0. The molecule has 2 amide bonds. The van der Waals surface area contributed by atoms with Crippen LogP contribution in [0.1, 0.15) is 15.9 Å². The molecule has 3 rings (SSSR count). The SMILES string of the molecule is C=CC1OC(=O)N(C(=O)c2ccc(OC)cc2)[C@H]1Cc1ccccc1. The first-order valence-corrected chi connectivity index (χ1v) is 7.98. The van der Waals surface area contributed by atoms with Crippen LogP contribution in [0, 0.1) is 0 Å². The Morgan fingerprint density at radius 2 is 1.88 bits per heavy atom. The smallest absolute Gasteiger partial charge is 0.417 e. The predicted molar refractivity (Wildman–Crippen MR) is 93.6 cm³/mol. The number of methoxy groups -OCH3 is 1. The normalized spacial score (nSPS) is 19.4. The summed E-state index contributed by atoms with van der Waals surface area (Å²) in [6.45, 7) is 3.73. The van der Waals surface area contributed by atoms with Crippen molar-refractivity contribution in [3.05, 3.63) is 78.4 Å². The van der Waals surface area contributed by atoms with E-state index in [1.807, 2.05) is 30.3 Å². The van der Waals surface area contributed by atoms with Gasteiger partial charge in [-0.05, 0) is 42.3 Å². The van der Waals surface area contributed by atoms with Gasteiger partial charge in [0.15, 0.2) is 0 Å². The summed E-state index contributed by atoms with van der Waals surface area (Å²) in [5.41, 5.74) is 1.42. The Labute approximate surface area is 146 Å². The van der Waals surface area contributed by atoms with E-state index >= 15 is 0 Å². The van der Waals surface area contributed by atoms with Crippen LogP contribution < -0.4 is 4.74 Å². The van der Waals surface area contributed by atoms with E-state index in [1.54, 1.807) is 37.5 Å². The maximum Gasteiger partial charge on any atom is 0.417 e. The van der Waals surface area contributed by atoms with Crippen LogP contribution in [0.15, 0.2) is 67.3 Å². The zero-order chi connectivity index (χ0) is 17.8. The van der Waals surface area contributed by atoms with Crippen molar-refractivity contribution in [1.29, 1.82) is 0 Å². The van der Waals surface area contributed by atoms with Crippen LogP contribution in [0.5, 0.6) is 5.75 Å². The first kappa shape index (κ1) is 16.8. The fraction of sp³-hybridized carbons (Fsp3) is 0.200. The molecule has 1 heterocycles. The third-order valence-electron chi connectivity index (χ3n) is 4.22. The van der Waals surface area contributed by atoms with Crippen molar-refractivity contribution in [2.75, 3.05) is 7.11 Å². The Balaban J connectivity index is 1.88. The molecular formula is C20H19NO4. The molecule has 0 bridgehead atoms. The van der Waals surface area contributed by atoms with Crippen molar-refractivity contribution in [1.82, 2.24) is 4.90 Å². The van der Waals surface area contributed by atoms with Crippen molar-refractivity contribution >= 4 is 12.0 Å². The maximum absolute atomic E-state index is 12.9. The molecule has 1 saturated heterocycles. The number of ether oxygens (including phenoxy) is 2. The van der Waals surface area contributed by atoms with Crippen molar-refractivity contribution in [3.8, 4) is 5.75 Å². The average molecular weight is 337 g/mol. The fourth-order valence-corrected chi connectivity index (χ4v) is 2.91. The van der Waals surface area contributed by atoms with Gasteiger partial charge in [0.2, 0.25) is 0 Å². The number of rotatable bonds is 5. The minimum atomic E-state index is -0.647. The summed E-state index contributed by atoms with van der Waals surface area (Å²) in [5, 5.41) is 0. The molecule has 1 unspecified atom stereocenters. The highest BCUT2D eigenvalue weighted by atomic mass is 16.6. The quantitative estimate of drug-likeness (QED) is 0.784. The Morgan fingerprint density at radius 3 is 2.48 bits per heavy atom. The lowest BCUT2D eigenvalue weighted by Crippen LogP contribution is -2.42. The summed E-state index contributed by atoms with van der Waals surface area (Å²) in [7, 11) is 1.55. The van der Waals surface area contributed by atoms with Gasteiger partial charge in [-0.15, -0.1) is 0 Å². The Kier molecular flexibility index (Phi) is 4.84. The van der Waals surface area contributed by atoms with Crippen molar-refractivity contribution in [2.24, 2.45) is 0 Å². The molecule has 25 heavy (non-hydrogen) atoms. The number of carbonyl (C=O) groups is 2. The molecular weight excluding hydrogens is 318 g/mol. The van der Waals surface area contributed by atoms with E-state index < -0.39 is 24.1 Å². The second-order valence-electron chi connectivity index (χ2n) is 5.74. The highest BCUT2D eigenvalue weighted by Crippen LogP contribution is 2.26. The van der Waals surface area contributed by atoms with E-state index in [9.17, 15) is 9.59 Å². The largest absolute Gasteiger partial charge is 0.497 e. The van der Waals surface area contributed by atoms with Gasteiger partial charge in [0.25, 0.3) is 5.91 Å². The molecule has 0 radical (unpaired) electrons. The van der Waals surface area contributed by atoms with Gasteiger partial charge in [0.1, 0.15) is 11.9 Å². The minimum absolute atomic E-state index is 0.391. The molecule has 1 aliphatic heterocycles. The van der Waals surface area contributed by atoms with Crippen LogP contribution in [0.2, 0.25) is 0 Å². The van der Waals surface area contributed by atoms with E-state index in [1.165, 1.54) is 4.90 Å². The molecule has 1 fully saturated rings. The summed E-state index contributed by atoms with van der Waals surface area (Å²) in [6, 6.07) is 15.9. The summed E-state index contributed by atoms with van der Waals surface area (Å²) < 4.78 is 10.4. The lowest BCUT2D eigenvalue weighted by atomic mass is 10.00. The number of amides is 2. The molecule has 5 heteroatoms. The van der Waals surface area contributed by atoms with Crippen LogP contribution in [0.4, 0.5) is 4.79 Å². The second-order valence-corrected chi connectivity index (χ2v) is 5.74. The average Bonchev–Trinajstić information content (AvgIpc) is 2.97. The zero-order valence-electron chi connectivity index (χ0n) is 13.9. The van der Waals surface area contributed by atoms with Gasteiger partial charge in [-0.25, -0.2) is 9.69 Å². The van der Waals surface area contributed by atoms with Gasteiger partial charge >= 0.3 is 6.09 Å². The lowest BCUT2D eigenvalue weighted by Gasteiger charge is -2.22. The number of cyclic esters (lactones) is 1. The van der Waals surface area contributed by atoms with Crippen LogP contribution in [-0.4, -0.2) is 36.2 Å². The first-order valence-electron chi connectivity index (χ1n) is 7.98. The van der Waals surface area contributed by atoms with Crippen LogP contribution in [0.3, 0.4) is 0 Å². The molecule has 1 aliphatic rings. The monoisotopic (exact) mass is 337 g/mol. The Bertz CT molecular complexity index is 770. The molecule has 0 spiro atoms. The van der Waals surface area contributed by atoms with E-state index in [-0.39, 0.29) is 0 Å². The standard InChI is InChI=1S/C20H19NO4/c1-3-18-17(13-14-7-5-4-6-8-14)21(20(23)25-18)19(22)15-9-11-16(24-2)12-10-15/h3-12,17-18H,1,13H2,2H3/t17-,18?/m0/s1. The second kappa shape index (κ2) is 7.21. The van der Waals surface area contributed by atoms with E-state index in [2.05, 4.69) is 6.58 Å². The van der Waals surface area contributed by atoms with Gasteiger partial charge in [-0.3, -0.25) is 4.79 Å². The third kappa shape index (κ3) is 3.40. The van der Waals surface area contributed by atoms with Gasteiger partial charge in [0, 0.05) is 5.56 Å². The zero-order valence-corrected chi connectivity index (χ0v) is 13.9. The molecule has 2 aromatic carbocycles. The van der Waals surface area contributed by atoms with Crippen LogP contribution in [0.25, 0.3) is 0 Å². The molecule has 0 aliphatic carbocycles. The van der Waals surface area contributed by atoms with Gasteiger partial charge in [-0.2, -0.15) is 0 Å². The highest BCUT2D eigenvalue weighted by molar-refractivity contribution is 6.04. The highest BCUT2D eigenvalue weighted by Gasteiger charge is 2.44. The summed E-state index contributed by atoms with van der Waals surface area (Å²) >= 11 is 0. The minimum Gasteiger partial charge on any atom is -0.497 e. The summed E-state index contributed by atoms with van der Waals surface area (Å²) in [5.74, 6) is 0.253. The topological polar surface area (TPSA) is 55.8 Å². The molecule has 0 N–H and O–H groups in total. The number of hydrogen-bond acceptors (Lipinski definition) is 4. The molecule has 2 atom stereocenters. The first-order chi connectivity index (χ1) is 12.1. The number of carbonyl (C=O) groups excluding carboxylic acids is 2. The molecule has 0 aromatic heterocycles. The Morgan fingerprint density at radius 1 is 1.20 bits per heavy atom. The molecule has 128 valence electrons. The van der Waals surface area contributed by atoms with Crippen LogP contribution >= 0.6 is 0 Å². The van der Waals surface area contributed by atoms with Gasteiger partial charge in [0.05, 0.1) is 13.2 Å². The van der Waals surface area contributed by atoms with Gasteiger partial charge < -0.3 is 9.47 Å².